The molecule has 0 radical (unpaired) electrons. The first kappa shape index (κ1) is 28.9. The molecule has 200 valence electrons. The Labute approximate surface area is 211 Å². The summed E-state index contributed by atoms with van der Waals surface area (Å²) in [6.07, 6.45) is -6.63. The van der Waals surface area contributed by atoms with Gasteiger partial charge in [-0.25, -0.2) is 14.4 Å². The van der Waals surface area contributed by atoms with Gasteiger partial charge in [0.1, 0.15) is 0 Å². The van der Waals surface area contributed by atoms with Gasteiger partial charge in [0.2, 0.25) is 18.3 Å². The first-order chi connectivity index (χ1) is 17.4. The van der Waals surface area contributed by atoms with Crippen molar-refractivity contribution in [2.75, 3.05) is 6.61 Å². The van der Waals surface area contributed by atoms with Crippen LogP contribution in [0.1, 0.15) is 52.2 Å². The van der Waals surface area contributed by atoms with E-state index < -0.39 is 60.0 Å². The maximum atomic E-state index is 13.1. The second-order valence-electron chi connectivity index (χ2n) is 8.30. The molecular formula is C24H27NO12. The molecule has 0 aromatic heterocycles. The number of carbonyl (C=O) groups is 7. The molecule has 0 spiro atoms. The van der Waals surface area contributed by atoms with Crippen LogP contribution in [0.2, 0.25) is 0 Å². The van der Waals surface area contributed by atoms with E-state index in [2.05, 4.69) is 0 Å². The standard InChI is InChI=1S/C24H27NO12/c1-13(2)12-33-22(30)19(16-8-6-5-7-9-16)36-23(31)20(34-14(3)26)21(35-15(4)27)24(32)37-25-17(28)10-11-18(25)29/h5-9,13,19-21H,10-12H2,1-4H3/t19-,20+,21+/m0/s1. The van der Waals surface area contributed by atoms with E-state index in [-0.39, 0.29) is 36.0 Å². The molecule has 1 aromatic carbocycles. The molecule has 0 N–H and O–H groups in total. The zero-order valence-corrected chi connectivity index (χ0v) is 20.7. The zero-order valence-electron chi connectivity index (χ0n) is 20.7. The average molecular weight is 521 g/mol. The number of imide groups is 1. The molecule has 1 heterocycles. The second kappa shape index (κ2) is 13.1. The minimum absolute atomic E-state index is 0.00732. The van der Waals surface area contributed by atoms with Crippen LogP contribution in [0.15, 0.2) is 30.3 Å². The molecule has 13 nitrogen and oxygen atoms in total. The zero-order chi connectivity index (χ0) is 27.7. The van der Waals surface area contributed by atoms with Gasteiger partial charge in [-0.1, -0.05) is 44.2 Å². The average Bonchev–Trinajstić information content (AvgIpc) is 3.15. The first-order valence-electron chi connectivity index (χ1n) is 11.2. The van der Waals surface area contributed by atoms with Gasteiger partial charge in [0.05, 0.1) is 6.61 Å². The second-order valence-corrected chi connectivity index (χ2v) is 8.30. The lowest BCUT2D eigenvalue weighted by atomic mass is 10.1. The molecular weight excluding hydrogens is 494 g/mol. The van der Waals surface area contributed by atoms with E-state index in [1.807, 2.05) is 0 Å². The minimum Gasteiger partial charge on any atom is -0.462 e. The van der Waals surface area contributed by atoms with Crippen molar-refractivity contribution in [1.82, 2.24) is 5.06 Å². The van der Waals surface area contributed by atoms with Crippen LogP contribution < -0.4 is 0 Å². The third-order valence-electron chi connectivity index (χ3n) is 4.62. The number of rotatable bonds is 11. The Morgan fingerprint density at radius 1 is 0.784 bits per heavy atom. The molecule has 1 aliphatic rings. The summed E-state index contributed by atoms with van der Waals surface area (Å²) in [6, 6.07) is 7.73. The van der Waals surface area contributed by atoms with Crippen molar-refractivity contribution in [3.05, 3.63) is 35.9 Å². The minimum atomic E-state index is -2.28. The Morgan fingerprint density at radius 2 is 1.30 bits per heavy atom. The monoisotopic (exact) mass is 521 g/mol. The van der Waals surface area contributed by atoms with E-state index in [4.69, 9.17) is 23.8 Å². The number of hydrogen-bond donors (Lipinski definition) is 0. The molecule has 1 aliphatic heterocycles. The van der Waals surface area contributed by atoms with E-state index in [1.165, 1.54) is 12.1 Å². The Hall–Kier alpha value is -4.29. The normalized spacial score (nSPS) is 15.4. The highest BCUT2D eigenvalue weighted by Gasteiger charge is 2.46. The molecule has 1 aromatic rings. The van der Waals surface area contributed by atoms with Crippen molar-refractivity contribution in [2.24, 2.45) is 5.92 Å². The van der Waals surface area contributed by atoms with Gasteiger partial charge in [-0.05, 0) is 5.92 Å². The van der Waals surface area contributed by atoms with Crippen molar-refractivity contribution in [1.29, 1.82) is 0 Å². The maximum absolute atomic E-state index is 13.1. The van der Waals surface area contributed by atoms with Crippen LogP contribution in [0, 0.1) is 5.92 Å². The summed E-state index contributed by atoms with van der Waals surface area (Å²) in [7, 11) is 0. The number of carbonyl (C=O) groups excluding carboxylic acids is 7. The van der Waals surface area contributed by atoms with Gasteiger partial charge < -0.3 is 23.8 Å². The summed E-state index contributed by atoms with van der Waals surface area (Å²) < 4.78 is 20.2. The highest BCUT2D eigenvalue weighted by Crippen LogP contribution is 2.23. The molecule has 1 fully saturated rings. The summed E-state index contributed by atoms with van der Waals surface area (Å²) in [6.45, 7) is 5.37. The van der Waals surface area contributed by atoms with Crippen LogP contribution in [0.4, 0.5) is 0 Å². The highest BCUT2D eigenvalue weighted by atomic mass is 16.7. The third-order valence-corrected chi connectivity index (χ3v) is 4.62. The largest absolute Gasteiger partial charge is 0.462 e. The predicted molar refractivity (Wildman–Crippen MR) is 119 cm³/mol. The first-order valence-corrected chi connectivity index (χ1v) is 11.2. The van der Waals surface area contributed by atoms with E-state index in [1.54, 1.807) is 32.0 Å². The van der Waals surface area contributed by atoms with Crippen molar-refractivity contribution in [2.45, 2.75) is 58.8 Å². The number of amides is 2. The molecule has 0 unspecified atom stereocenters. The Kier molecular flexibility index (Phi) is 10.3. The molecule has 37 heavy (non-hydrogen) atoms. The number of hydroxylamine groups is 2. The molecule has 2 amide bonds. The van der Waals surface area contributed by atoms with Gasteiger partial charge in [0.25, 0.3) is 11.8 Å². The van der Waals surface area contributed by atoms with Gasteiger partial charge in [-0.3, -0.25) is 19.2 Å². The van der Waals surface area contributed by atoms with Crippen LogP contribution in [-0.4, -0.2) is 65.5 Å². The van der Waals surface area contributed by atoms with E-state index in [9.17, 15) is 33.6 Å². The Balaban J connectivity index is 2.37. The SMILES string of the molecule is CC(=O)O[C@@H](C(=O)O[C@H](C(=O)OCC(C)C)c1ccccc1)[C@@H](OC(C)=O)C(=O)ON1C(=O)CCC1=O. The van der Waals surface area contributed by atoms with Crippen LogP contribution in [0.3, 0.4) is 0 Å². The lowest BCUT2D eigenvalue weighted by Crippen LogP contribution is -2.49. The Morgan fingerprint density at radius 3 is 1.78 bits per heavy atom. The Bertz CT molecular complexity index is 1040. The number of ether oxygens (including phenoxy) is 4. The summed E-state index contributed by atoms with van der Waals surface area (Å²) in [5.41, 5.74) is 0.200. The highest BCUT2D eigenvalue weighted by molar-refractivity contribution is 6.02. The van der Waals surface area contributed by atoms with Crippen LogP contribution >= 0.6 is 0 Å². The van der Waals surface area contributed by atoms with Gasteiger partial charge in [0, 0.05) is 32.3 Å². The topological polar surface area (TPSA) is 169 Å². The molecule has 0 saturated carbocycles. The molecule has 13 heteroatoms. The van der Waals surface area contributed by atoms with E-state index >= 15 is 0 Å². The van der Waals surface area contributed by atoms with Gasteiger partial charge in [-0.2, -0.15) is 0 Å². The summed E-state index contributed by atoms with van der Waals surface area (Å²) in [5, 5.41) is 0.158. The van der Waals surface area contributed by atoms with Crippen molar-refractivity contribution < 1.29 is 57.3 Å². The van der Waals surface area contributed by atoms with Crippen molar-refractivity contribution >= 4 is 41.7 Å². The molecule has 2 rings (SSSR count). The fraction of sp³-hybridized carbons (Fsp3) is 0.458. The number of nitrogens with zero attached hydrogens (tertiary/aromatic N) is 1. The smallest absolute Gasteiger partial charge is 0.377 e. The summed E-state index contributed by atoms with van der Waals surface area (Å²) in [4.78, 5) is 90.5. The van der Waals surface area contributed by atoms with E-state index in [0.717, 1.165) is 13.8 Å². The molecule has 0 bridgehead atoms. The number of esters is 4. The fourth-order valence-corrected chi connectivity index (χ4v) is 3.01. The van der Waals surface area contributed by atoms with Gasteiger partial charge in [0.15, 0.2) is 0 Å². The molecule has 1 saturated heterocycles. The predicted octanol–water partition coefficient (Wildman–Crippen LogP) is 0.941. The maximum Gasteiger partial charge on any atom is 0.377 e. The summed E-state index contributed by atoms with van der Waals surface area (Å²) >= 11 is 0. The third kappa shape index (κ3) is 8.40. The summed E-state index contributed by atoms with van der Waals surface area (Å²) in [5.74, 6) is -7.89. The van der Waals surface area contributed by atoms with Gasteiger partial charge >= 0.3 is 29.8 Å². The lowest BCUT2D eigenvalue weighted by Gasteiger charge is -2.26. The van der Waals surface area contributed by atoms with Crippen LogP contribution in [0.25, 0.3) is 0 Å². The van der Waals surface area contributed by atoms with Crippen molar-refractivity contribution in [3.63, 3.8) is 0 Å². The van der Waals surface area contributed by atoms with Crippen LogP contribution in [0.5, 0.6) is 0 Å². The van der Waals surface area contributed by atoms with Crippen molar-refractivity contribution in [3.8, 4) is 0 Å². The van der Waals surface area contributed by atoms with E-state index in [0.29, 0.717) is 0 Å². The lowest BCUT2D eigenvalue weighted by molar-refractivity contribution is -0.214. The van der Waals surface area contributed by atoms with Crippen LogP contribution in [-0.2, 0) is 57.3 Å². The molecule has 0 aliphatic carbocycles. The number of benzene rings is 1. The van der Waals surface area contributed by atoms with Gasteiger partial charge in [-0.15, -0.1) is 5.06 Å². The fourth-order valence-electron chi connectivity index (χ4n) is 3.01. The number of hydrogen-bond acceptors (Lipinski definition) is 12. The quantitative estimate of drug-likeness (QED) is 0.230. The molecule has 3 atom stereocenters.